The fraction of sp³-hybridized carbons (Fsp3) is 0.450. The van der Waals surface area contributed by atoms with Gasteiger partial charge >= 0.3 is 0 Å². The minimum absolute atomic E-state index is 0.0929. The van der Waals surface area contributed by atoms with E-state index in [1.54, 1.807) is 0 Å². The topological polar surface area (TPSA) is 102 Å². The van der Waals surface area contributed by atoms with Gasteiger partial charge in [-0.1, -0.05) is 19.1 Å². The molecule has 5 unspecified atom stereocenters. The summed E-state index contributed by atoms with van der Waals surface area (Å²) in [5, 5.41) is 16.1. The Morgan fingerprint density at radius 2 is 1.93 bits per heavy atom. The van der Waals surface area contributed by atoms with E-state index in [1.807, 2.05) is 26.0 Å². The highest BCUT2D eigenvalue weighted by atomic mass is 16.6. The minimum Gasteiger partial charge on any atom is -0.490 e. The highest BCUT2D eigenvalue weighted by Crippen LogP contribution is 2.52. The van der Waals surface area contributed by atoms with Gasteiger partial charge in [-0.05, 0) is 37.7 Å². The lowest BCUT2D eigenvalue weighted by molar-refractivity contribution is -0.384. The van der Waals surface area contributed by atoms with Crippen LogP contribution in [0.2, 0.25) is 0 Å². The summed E-state index contributed by atoms with van der Waals surface area (Å²) in [4.78, 5) is 36.0. The Morgan fingerprint density at radius 1 is 1.29 bits per heavy atom. The normalized spacial score (nSPS) is 29.0. The highest BCUT2D eigenvalue weighted by molar-refractivity contribution is 6.07. The third-order valence-electron chi connectivity index (χ3n) is 5.87. The van der Waals surface area contributed by atoms with Crippen molar-refractivity contribution in [1.82, 2.24) is 5.01 Å². The molecular weight excluding hydrogens is 362 g/mol. The van der Waals surface area contributed by atoms with Crippen molar-refractivity contribution in [1.29, 1.82) is 0 Å². The lowest BCUT2D eigenvalue weighted by atomic mass is 9.85. The first-order chi connectivity index (χ1) is 13.4. The molecule has 0 aromatic heterocycles. The van der Waals surface area contributed by atoms with E-state index in [-0.39, 0.29) is 47.3 Å². The Kier molecular flexibility index (Phi) is 4.49. The van der Waals surface area contributed by atoms with Crippen LogP contribution < -0.4 is 4.74 Å². The minimum atomic E-state index is -0.510. The van der Waals surface area contributed by atoms with Crippen molar-refractivity contribution in [2.45, 2.75) is 32.8 Å². The lowest BCUT2D eigenvalue weighted by Gasteiger charge is -2.15. The van der Waals surface area contributed by atoms with Crippen molar-refractivity contribution in [3.8, 4) is 5.75 Å². The zero-order chi connectivity index (χ0) is 20.0. The molecule has 28 heavy (non-hydrogen) atoms. The van der Waals surface area contributed by atoms with Gasteiger partial charge in [0.15, 0.2) is 0 Å². The van der Waals surface area contributed by atoms with Crippen LogP contribution in [0.4, 0.5) is 5.69 Å². The highest BCUT2D eigenvalue weighted by Gasteiger charge is 2.59. The molecule has 0 radical (unpaired) electrons. The average Bonchev–Trinajstić information content (AvgIpc) is 3.35. The van der Waals surface area contributed by atoms with E-state index < -0.39 is 4.92 Å². The number of nitrogens with zero attached hydrogens (tertiary/aromatic N) is 3. The van der Waals surface area contributed by atoms with Crippen LogP contribution in [0.25, 0.3) is 0 Å². The van der Waals surface area contributed by atoms with Crippen molar-refractivity contribution in [3.05, 3.63) is 46.0 Å². The van der Waals surface area contributed by atoms with Crippen LogP contribution in [0.1, 0.15) is 32.3 Å². The molecule has 0 spiro atoms. The number of benzene rings is 1. The van der Waals surface area contributed by atoms with Crippen LogP contribution in [-0.4, -0.2) is 34.1 Å². The van der Waals surface area contributed by atoms with Gasteiger partial charge in [0.25, 0.3) is 17.5 Å². The van der Waals surface area contributed by atoms with Crippen molar-refractivity contribution in [3.63, 3.8) is 0 Å². The predicted octanol–water partition coefficient (Wildman–Crippen LogP) is 2.91. The number of carbonyl (C=O) groups is 2. The largest absolute Gasteiger partial charge is 0.490 e. The van der Waals surface area contributed by atoms with E-state index in [2.05, 4.69) is 5.10 Å². The zero-order valence-electron chi connectivity index (χ0n) is 15.6. The van der Waals surface area contributed by atoms with Gasteiger partial charge in [-0.3, -0.25) is 19.7 Å². The number of hydrogen-bond acceptors (Lipinski definition) is 6. The monoisotopic (exact) mass is 383 g/mol. The van der Waals surface area contributed by atoms with Gasteiger partial charge < -0.3 is 4.74 Å². The molecule has 8 nitrogen and oxygen atoms in total. The standard InChI is InChI=1S/C20H21N3O5/c1-3-11(2)28-16-7-6-15(23(26)27)9-14(16)10-21-22-19(24)17-12-4-5-13(8-12)18(17)20(22)25/h4-7,9-13,17-18H,3,8H2,1-2H3. The maximum atomic E-state index is 12.7. The zero-order valence-corrected chi connectivity index (χ0v) is 15.6. The Labute approximate surface area is 162 Å². The number of rotatable bonds is 6. The van der Waals surface area contributed by atoms with E-state index in [9.17, 15) is 19.7 Å². The van der Waals surface area contributed by atoms with Crippen molar-refractivity contribution >= 4 is 23.7 Å². The smallest absolute Gasteiger partial charge is 0.270 e. The maximum absolute atomic E-state index is 12.7. The molecule has 4 rings (SSSR count). The molecule has 1 saturated carbocycles. The van der Waals surface area contributed by atoms with Gasteiger partial charge in [0.05, 0.1) is 29.1 Å². The van der Waals surface area contributed by atoms with E-state index in [1.165, 1.54) is 24.4 Å². The molecule has 2 fully saturated rings. The SMILES string of the molecule is CCC(C)Oc1ccc([N+](=O)[O-])cc1C=NN1C(=O)C2C3C=CC(C3)C2C1=O. The molecule has 0 N–H and O–H groups in total. The molecule has 3 aliphatic rings. The van der Waals surface area contributed by atoms with Gasteiger partial charge in [-0.15, -0.1) is 0 Å². The Balaban J connectivity index is 1.62. The van der Waals surface area contributed by atoms with Gasteiger partial charge in [0.1, 0.15) is 5.75 Å². The average molecular weight is 383 g/mol. The summed E-state index contributed by atoms with van der Waals surface area (Å²) in [5.41, 5.74) is 0.240. The van der Waals surface area contributed by atoms with Crippen LogP contribution in [0, 0.1) is 33.8 Å². The number of nitro groups is 1. The summed E-state index contributed by atoms with van der Waals surface area (Å²) in [7, 11) is 0. The number of nitro benzene ring substituents is 1. The molecule has 5 atom stereocenters. The van der Waals surface area contributed by atoms with Crippen LogP contribution in [-0.2, 0) is 9.59 Å². The number of fused-ring (bicyclic) bond motifs is 5. The van der Waals surface area contributed by atoms with E-state index in [0.717, 1.165) is 17.9 Å². The second-order valence-corrected chi connectivity index (χ2v) is 7.55. The van der Waals surface area contributed by atoms with Crippen molar-refractivity contribution in [2.75, 3.05) is 0 Å². The molecule has 1 heterocycles. The summed E-state index contributed by atoms with van der Waals surface area (Å²) in [6.07, 6.45) is 6.85. The molecular formula is C20H21N3O5. The number of carbonyl (C=O) groups excluding carboxylic acids is 2. The molecule has 146 valence electrons. The molecule has 2 bridgehead atoms. The third-order valence-corrected chi connectivity index (χ3v) is 5.87. The van der Waals surface area contributed by atoms with Gasteiger partial charge in [0, 0.05) is 17.7 Å². The first kappa shape index (κ1) is 18.3. The Morgan fingerprint density at radius 3 is 2.50 bits per heavy atom. The number of non-ortho nitro benzene ring substituents is 1. The number of allylic oxidation sites excluding steroid dienone is 2. The molecule has 1 saturated heterocycles. The quantitative estimate of drug-likeness (QED) is 0.247. The molecule has 1 aromatic rings. The van der Waals surface area contributed by atoms with Crippen LogP contribution >= 0.6 is 0 Å². The first-order valence-corrected chi connectivity index (χ1v) is 9.46. The van der Waals surface area contributed by atoms with E-state index >= 15 is 0 Å². The fourth-order valence-electron chi connectivity index (χ4n) is 4.28. The summed E-state index contributed by atoms with van der Waals surface area (Å²) in [6, 6.07) is 4.20. The molecule has 1 aliphatic heterocycles. The molecule has 2 amide bonds. The molecule has 2 aliphatic carbocycles. The summed E-state index contributed by atoms with van der Waals surface area (Å²) in [5.74, 6) is -0.621. The first-order valence-electron chi connectivity index (χ1n) is 9.46. The fourth-order valence-corrected chi connectivity index (χ4v) is 4.28. The van der Waals surface area contributed by atoms with Crippen molar-refractivity contribution < 1.29 is 19.2 Å². The molecule has 1 aromatic carbocycles. The summed E-state index contributed by atoms with van der Waals surface area (Å²) < 4.78 is 5.80. The second kappa shape index (κ2) is 6.85. The van der Waals surface area contributed by atoms with Crippen molar-refractivity contribution in [2.24, 2.45) is 28.8 Å². The third kappa shape index (κ3) is 2.89. The number of amides is 2. The number of imide groups is 1. The predicted molar refractivity (Wildman–Crippen MR) is 101 cm³/mol. The van der Waals surface area contributed by atoms with Crippen LogP contribution in [0.5, 0.6) is 5.75 Å². The second-order valence-electron chi connectivity index (χ2n) is 7.55. The summed E-state index contributed by atoms with van der Waals surface area (Å²) in [6.45, 7) is 3.85. The molecule has 8 heteroatoms. The summed E-state index contributed by atoms with van der Waals surface area (Å²) >= 11 is 0. The van der Waals surface area contributed by atoms with Crippen LogP contribution in [0.15, 0.2) is 35.5 Å². The van der Waals surface area contributed by atoms with Crippen LogP contribution in [0.3, 0.4) is 0 Å². The van der Waals surface area contributed by atoms with E-state index in [4.69, 9.17) is 4.74 Å². The number of ether oxygens (including phenoxy) is 1. The van der Waals surface area contributed by atoms with Gasteiger partial charge in [0.2, 0.25) is 0 Å². The lowest BCUT2D eigenvalue weighted by Crippen LogP contribution is -2.28. The van der Waals surface area contributed by atoms with E-state index in [0.29, 0.717) is 11.3 Å². The number of hydrogen-bond donors (Lipinski definition) is 0. The maximum Gasteiger partial charge on any atom is 0.270 e. The van der Waals surface area contributed by atoms with Gasteiger partial charge in [-0.2, -0.15) is 10.1 Å². The van der Waals surface area contributed by atoms with Gasteiger partial charge in [-0.25, -0.2) is 0 Å². The Bertz CT molecular complexity index is 879. The Hall–Kier alpha value is -3.03. The number of hydrazone groups is 1.